The number of carbonyl (C=O) groups excluding carboxylic acids is 1. The molecule has 2 rings (SSSR count). The van der Waals surface area contributed by atoms with Crippen LogP contribution in [0.25, 0.3) is 11.1 Å². The van der Waals surface area contributed by atoms with Crippen molar-refractivity contribution in [3.05, 3.63) is 82.9 Å². The quantitative estimate of drug-likeness (QED) is 0.307. The summed E-state index contributed by atoms with van der Waals surface area (Å²) < 4.78 is 0. The molecule has 2 aromatic rings. The van der Waals surface area contributed by atoms with Crippen LogP contribution < -0.4 is 0 Å². The van der Waals surface area contributed by atoms with Gasteiger partial charge in [0.2, 0.25) is 0 Å². The maximum absolute atomic E-state index is 13.2. The number of ketones is 1. The summed E-state index contributed by atoms with van der Waals surface area (Å²) in [6.07, 6.45) is 10.2. The van der Waals surface area contributed by atoms with E-state index < -0.39 is 0 Å². The van der Waals surface area contributed by atoms with Gasteiger partial charge in [0.25, 0.3) is 0 Å². The maximum Gasteiger partial charge on any atom is 0.179 e. The Morgan fingerprint density at radius 3 is 1.47 bits per heavy atom. The summed E-state index contributed by atoms with van der Waals surface area (Å²) in [6.45, 7) is 13.3. The van der Waals surface area contributed by atoms with Crippen molar-refractivity contribution in [2.75, 3.05) is 0 Å². The highest BCUT2D eigenvalue weighted by molar-refractivity contribution is 6.08. The number of hydrogen-bond acceptors (Lipinski definition) is 1. The third-order valence-corrected chi connectivity index (χ3v) is 5.87. The molecule has 1 heteroatoms. The highest BCUT2D eigenvalue weighted by Gasteiger charge is 2.09. The van der Waals surface area contributed by atoms with Gasteiger partial charge < -0.3 is 0 Å². The second-order valence-corrected chi connectivity index (χ2v) is 10.1. The monoisotopic (exact) mass is 430 g/mol. The normalized spacial score (nSPS) is 12.6. The van der Waals surface area contributed by atoms with Crippen LogP contribution in [-0.4, -0.2) is 5.78 Å². The molecule has 0 radical (unpaired) electrons. The van der Waals surface area contributed by atoms with Gasteiger partial charge in [-0.1, -0.05) is 100 Å². The first-order valence-electron chi connectivity index (χ1n) is 12.3. The van der Waals surface area contributed by atoms with Gasteiger partial charge in [0.05, 0.1) is 0 Å². The topological polar surface area (TPSA) is 17.1 Å². The predicted octanol–water partition coefficient (Wildman–Crippen LogP) is 8.99. The first-order chi connectivity index (χ1) is 15.2. The molecule has 0 unspecified atom stereocenters. The average Bonchev–Trinajstić information content (AvgIpc) is 2.72. The van der Waals surface area contributed by atoms with Gasteiger partial charge in [-0.2, -0.15) is 0 Å². The first-order valence-corrected chi connectivity index (χ1v) is 12.3. The van der Waals surface area contributed by atoms with Gasteiger partial charge in [-0.25, -0.2) is 0 Å². The highest BCUT2D eigenvalue weighted by Crippen LogP contribution is 2.26. The van der Waals surface area contributed by atoms with E-state index in [0.717, 1.165) is 36.8 Å². The Labute approximate surface area is 196 Å². The molecule has 0 spiro atoms. The second-order valence-electron chi connectivity index (χ2n) is 10.1. The molecule has 1 nitrogen and oxygen atoms in total. The van der Waals surface area contributed by atoms with Crippen molar-refractivity contribution in [3.63, 3.8) is 0 Å². The third kappa shape index (κ3) is 9.39. The van der Waals surface area contributed by atoms with E-state index in [9.17, 15) is 4.79 Å². The van der Waals surface area contributed by atoms with Crippen molar-refractivity contribution >= 4 is 16.9 Å². The fourth-order valence-corrected chi connectivity index (χ4v) is 4.08. The number of aryl methyl sites for hydroxylation is 2. The summed E-state index contributed by atoms with van der Waals surface area (Å²) in [7, 11) is 0. The van der Waals surface area contributed by atoms with Crippen LogP contribution in [0.4, 0.5) is 0 Å². The molecule has 0 aliphatic carbocycles. The summed E-state index contributed by atoms with van der Waals surface area (Å²) >= 11 is 0. The molecule has 0 bridgehead atoms. The van der Waals surface area contributed by atoms with Crippen molar-refractivity contribution in [3.8, 4) is 0 Å². The molecule has 0 saturated carbocycles. The van der Waals surface area contributed by atoms with Crippen molar-refractivity contribution in [1.82, 2.24) is 0 Å². The van der Waals surface area contributed by atoms with Crippen LogP contribution in [0.1, 0.15) is 88.5 Å². The van der Waals surface area contributed by atoms with Gasteiger partial charge in [0.1, 0.15) is 0 Å². The zero-order chi connectivity index (χ0) is 23.5. The Balaban J connectivity index is 2.33. The largest absolute Gasteiger partial charge is 0.290 e. The van der Waals surface area contributed by atoms with Crippen molar-refractivity contribution in [2.24, 2.45) is 11.8 Å². The lowest BCUT2D eigenvalue weighted by Gasteiger charge is -2.12. The molecular weight excluding hydrogens is 388 g/mol. The second kappa shape index (κ2) is 13.2. The number of carbonyl (C=O) groups is 1. The van der Waals surface area contributed by atoms with E-state index in [2.05, 4.69) is 90.1 Å². The molecule has 0 amide bonds. The van der Waals surface area contributed by atoms with E-state index in [0.29, 0.717) is 11.8 Å². The van der Waals surface area contributed by atoms with Crippen LogP contribution in [-0.2, 0) is 4.79 Å². The molecule has 172 valence electrons. The van der Waals surface area contributed by atoms with Gasteiger partial charge in [0.15, 0.2) is 5.78 Å². The molecule has 0 N–H and O–H groups in total. The SMILES string of the molecule is Cc1cccc(C(=CC(=O)C=C(CCCC(C)C)c2cccc(C)c2)CCCC(C)C)c1. The summed E-state index contributed by atoms with van der Waals surface area (Å²) in [5.41, 5.74) is 7.12. The Hall–Kier alpha value is -2.41. The minimum Gasteiger partial charge on any atom is -0.290 e. The van der Waals surface area contributed by atoms with Crippen LogP contribution >= 0.6 is 0 Å². The lowest BCUT2D eigenvalue weighted by atomic mass is 9.93. The smallest absolute Gasteiger partial charge is 0.179 e. The Bertz CT molecular complexity index is 851. The highest BCUT2D eigenvalue weighted by atomic mass is 16.1. The lowest BCUT2D eigenvalue weighted by Crippen LogP contribution is -1.97. The lowest BCUT2D eigenvalue weighted by molar-refractivity contribution is -0.110. The van der Waals surface area contributed by atoms with Crippen LogP contribution in [0.5, 0.6) is 0 Å². The fraction of sp³-hybridized carbons (Fsp3) is 0.452. The molecule has 0 aromatic heterocycles. The van der Waals surface area contributed by atoms with Gasteiger partial charge >= 0.3 is 0 Å². The molecule has 0 aliphatic rings. The van der Waals surface area contributed by atoms with Gasteiger partial charge in [-0.3, -0.25) is 4.79 Å². The number of hydrogen-bond donors (Lipinski definition) is 0. The first kappa shape index (κ1) is 25.8. The van der Waals surface area contributed by atoms with Gasteiger partial charge in [-0.05, 0) is 85.8 Å². The molecule has 32 heavy (non-hydrogen) atoms. The van der Waals surface area contributed by atoms with E-state index >= 15 is 0 Å². The third-order valence-electron chi connectivity index (χ3n) is 5.87. The number of allylic oxidation sites excluding steroid dienone is 4. The van der Waals surface area contributed by atoms with E-state index in [1.165, 1.54) is 35.1 Å². The van der Waals surface area contributed by atoms with E-state index in [1.54, 1.807) is 0 Å². The zero-order valence-electron chi connectivity index (χ0n) is 21.1. The molecular formula is C31H42O. The van der Waals surface area contributed by atoms with Crippen LogP contribution in [0.3, 0.4) is 0 Å². The number of rotatable bonds is 12. The molecule has 0 heterocycles. The fourth-order valence-electron chi connectivity index (χ4n) is 4.08. The molecule has 0 aliphatic heterocycles. The van der Waals surface area contributed by atoms with E-state index in [1.807, 2.05) is 12.2 Å². The van der Waals surface area contributed by atoms with Gasteiger partial charge in [-0.15, -0.1) is 0 Å². The number of benzene rings is 2. The Morgan fingerprint density at radius 2 is 1.12 bits per heavy atom. The molecule has 2 aromatic carbocycles. The van der Waals surface area contributed by atoms with Crippen LogP contribution in [0, 0.1) is 25.7 Å². The van der Waals surface area contributed by atoms with Crippen molar-refractivity contribution in [1.29, 1.82) is 0 Å². The predicted molar refractivity (Wildman–Crippen MR) is 141 cm³/mol. The molecule has 0 saturated heterocycles. The molecule has 0 fully saturated rings. The van der Waals surface area contributed by atoms with E-state index in [4.69, 9.17) is 0 Å². The molecule has 0 atom stereocenters. The summed E-state index contributed by atoms with van der Waals surface area (Å²) in [6, 6.07) is 17.1. The van der Waals surface area contributed by atoms with Gasteiger partial charge in [0, 0.05) is 0 Å². The summed E-state index contributed by atoms with van der Waals surface area (Å²) in [5, 5.41) is 0. The summed E-state index contributed by atoms with van der Waals surface area (Å²) in [5.74, 6) is 1.46. The average molecular weight is 431 g/mol. The Morgan fingerprint density at radius 1 is 0.719 bits per heavy atom. The summed E-state index contributed by atoms with van der Waals surface area (Å²) in [4.78, 5) is 13.2. The van der Waals surface area contributed by atoms with Crippen LogP contribution in [0.2, 0.25) is 0 Å². The standard InChI is InChI=1S/C31H42O/c1-23(2)11-7-15-29(27-17-9-13-25(5)19-27)21-31(32)22-30(16-8-12-24(3)4)28-18-10-14-26(6)20-28/h9-10,13-14,17-24H,7-8,11-12,15-16H2,1-6H3. The van der Waals surface area contributed by atoms with Crippen molar-refractivity contribution in [2.45, 2.75) is 80.1 Å². The Kier molecular flexibility index (Phi) is 10.7. The zero-order valence-corrected chi connectivity index (χ0v) is 21.1. The van der Waals surface area contributed by atoms with Crippen LogP contribution in [0.15, 0.2) is 60.7 Å². The minimum atomic E-state index is 0.104. The minimum absolute atomic E-state index is 0.104. The maximum atomic E-state index is 13.2. The van der Waals surface area contributed by atoms with E-state index in [-0.39, 0.29) is 5.78 Å². The van der Waals surface area contributed by atoms with Crippen molar-refractivity contribution < 1.29 is 4.79 Å².